The number of aromatic nitrogens is 4. The number of hydrogen-bond acceptors (Lipinski definition) is 7. The van der Waals surface area contributed by atoms with Crippen LogP contribution in [0.25, 0.3) is 17.0 Å². The first kappa shape index (κ1) is 25.2. The number of piperazine rings is 1. The number of pyridine rings is 1. The van der Waals surface area contributed by atoms with Crippen molar-refractivity contribution in [2.75, 3.05) is 23.3 Å². The molecule has 1 fully saturated rings. The van der Waals surface area contributed by atoms with Crippen LogP contribution in [0.1, 0.15) is 36.8 Å². The number of halogens is 1. The highest BCUT2D eigenvalue weighted by Gasteiger charge is 2.40. The number of benzene rings is 1. The van der Waals surface area contributed by atoms with Gasteiger partial charge in [-0.2, -0.15) is 4.98 Å². The Kier molecular flexibility index (Phi) is 6.47. The van der Waals surface area contributed by atoms with Crippen LogP contribution in [0, 0.1) is 18.7 Å². The molecule has 0 bridgehead atoms. The smallest absolute Gasteiger partial charge is 0.407 e. The van der Waals surface area contributed by atoms with Gasteiger partial charge in [0.15, 0.2) is 0 Å². The molecule has 4 heterocycles. The molecule has 1 aliphatic rings. The van der Waals surface area contributed by atoms with Gasteiger partial charge in [-0.1, -0.05) is 25.1 Å². The molecule has 2 N–H and O–H groups in total. The van der Waals surface area contributed by atoms with Crippen LogP contribution in [0.3, 0.4) is 0 Å². The summed E-state index contributed by atoms with van der Waals surface area (Å²) in [5.74, 6) is -0.728. The zero-order valence-electron chi connectivity index (χ0n) is 21.4. The third-order valence-corrected chi connectivity index (χ3v) is 7.02. The maximum absolute atomic E-state index is 14.9. The molecule has 198 valence electrons. The summed E-state index contributed by atoms with van der Waals surface area (Å²) < 4.78 is 22.1. The van der Waals surface area contributed by atoms with E-state index < -0.39 is 17.8 Å². The van der Waals surface area contributed by atoms with E-state index in [9.17, 15) is 19.1 Å². The first-order valence-electron chi connectivity index (χ1n) is 12.3. The zero-order chi connectivity index (χ0) is 27.1. The number of nitrogens with zero attached hydrogens (tertiary/aromatic N) is 6. The van der Waals surface area contributed by atoms with Gasteiger partial charge < -0.3 is 24.7 Å². The summed E-state index contributed by atoms with van der Waals surface area (Å²) in [5.41, 5.74) is 1.79. The number of anilines is 2. The van der Waals surface area contributed by atoms with E-state index >= 15 is 0 Å². The van der Waals surface area contributed by atoms with Crippen LogP contribution < -0.4 is 10.2 Å². The van der Waals surface area contributed by atoms with Crippen molar-refractivity contribution < 1.29 is 23.6 Å². The molecule has 38 heavy (non-hydrogen) atoms. The Labute approximate surface area is 217 Å². The van der Waals surface area contributed by atoms with Crippen molar-refractivity contribution >= 4 is 29.3 Å². The molecule has 0 radical (unpaired) electrons. The highest BCUT2D eigenvalue weighted by atomic mass is 19.1. The number of carbonyl (C=O) groups is 2. The fourth-order valence-electron chi connectivity index (χ4n) is 5.10. The fourth-order valence-corrected chi connectivity index (χ4v) is 5.10. The molecule has 3 aromatic heterocycles. The van der Waals surface area contributed by atoms with Gasteiger partial charge in [-0.25, -0.2) is 14.2 Å². The summed E-state index contributed by atoms with van der Waals surface area (Å²) in [6.07, 6.45) is 2.22. The normalized spacial score (nSPS) is 17.8. The van der Waals surface area contributed by atoms with E-state index in [2.05, 4.69) is 20.4 Å². The van der Waals surface area contributed by atoms with Crippen molar-refractivity contribution in [3.05, 3.63) is 59.8 Å². The summed E-state index contributed by atoms with van der Waals surface area (Å²) in [7, 11) is 0. The predicted octanol–water partition coefficient (Wildman–Crippen LogP) is 4.30. The Morgan fingerprint density at radius 3 is 2.76 bits per heavy atom. The van der Waals surface area contributed by atoms with E-state index in [1.807, 2.05) is 31.7 Å². The lowest BCUT2D eigenvalue weighted by molar-refractivity contribution is 0.0980. The number of amides is 2. The number of rotatable bonds is 5. The summed E-state index contributed by atoms with van der Waals surface area (Å²) >= 11 is 0. The topological polar surface area (TPSA) is 129 Å². The summed E-state index contributed by atoms with van der Waals surface area (Å²) in [5, 5.41) is 16.4. The molecule has 1 saturated heterocycles. The van der Waals surface area contributed by atoms with Crippen molar-refractivity contribution in [2.24, 2.45) is 5.92 Å². The SMILES string of the molecule is Cc1c(F)cc(-c2noc(N3CCN(C(=O)O)C(C)C3C(C)C)n2)cc1NC(=O)c1cnc2ccccn12. The molecule has 0 aliphatic carbocycles. The van der Waals surface area contributed by atoms with Crippen LogP contribution in [0.2, 0.25) is 0 Å². The monoisotopic (exact) mass is 521 g/mol. The number of carboxylic acid groups (broad SMARTS) is 1. The van der Waals surface area contributed by atoms with Gasteiger partial charge in [-0.05, 0) is 44.0 Å². The average molecular weight is 522 g/mol. The molecule has 2 atom stereocenters. The van der Waals surface area contributed by atoms with Crippen molar-refractivity contribution in [1.29, 1.82) is 0 Å². The molecule has 11 nitrogen and oxygen atoms in total. The Bertz CT molecular complexity index is 1510. The quantitative estimate of drug-likeness (QED) is 0.398. The Hall–Kier alpha value is -4.48. The minimum Gasteiger partial charge on any atom is -0.465 e. The number of fused-ring (bicyclic) bond motifs is 1. The molecule has 4 aromatic rings. The van der Waals surface area contributed by atoms with Crippen LogP contribution in [0.4, 0.5) is 20.9 Å². The Morgan fingerprint density at radius 1 is 1.24 bits per heavy atom. The van der Waals surface area contributed by atoms with Crippen molar-refractivity contribution in [3.63, 3.8) is 0 Å². The minimum atomic E-state index is -0.970. The van der Waals surface area contributed by atoms with Crippen molar-refractivity contribution in [3.8, 4) is 11.4 Å². The standard InChI is InChI=1S/C26H28FN7O4/c1-14(2)22-16(4)32(26(36)37)9-10-34(22)25-30-23(31-38-25)17-11-18(27)15(3)19(12-17)29-24(35)20-13-28-21-7-5-6-8-33(20)21/h5-8,11-14,16,22H,9-10H2,1-4H3,(H,29,35)(H,36,37). The second-order valence-electron chi connectivity index (χ2n) is 9.70. The Balaban J connectivity index is 1.43. The van der Waals surface area contributed by atoms with Gasteiger partial charge >= 0.3 is 12.1 Å². The van der Waals surface area contributed by atoms with Gasteiger partial charge in [0.1, 0.15) is 17.2 Å². The predicted molar refractivity (Wildman–Crippen MR) is 138 cm³/mol. The second kappa shape index (κ2) is 9.77. The first-order valence-corrected chi connectivity index (χ1v) is 12.3. The van der Waals surface area contributed by atoms with Gasteiger partial charge in [0.2, 0.25) is 5.82 Å². The van der Waals surface area contributed by atoms with E-state index in [1.54, 1.807) is 35.7 Å². The number of carbonyl (C=O) groups excluding carboxylic acids is 1. The molecular weight excluding hydrogens is 493 g/mol. The number of nitrogens with one attached hydrogen (secondary N) is 1. The molecule has 5 rings (SSSR count). The molecule has 1 aromatic carbocycles. The van der Waals surface area contributed by atoms with Gasteiger partial charge in [-0.3, -0.25) is 9.20 Å². The van der Waals surface area contributed by atoms with Crippen LogP contribution >= 0.6 is 0 Å². The zero-order valence-corrected chi connectivity index (χ0v) is 21.4. The average Bonchev–Trinajstić information content (AvgIpc) is 3.54. The molecule has 0 spiro atoms. The molecule has 12 heteroatoms. The summed E-state index contributed by atoms with van der Waals surface area (Å²) in [4.78, 5) is 36.7. The number of hydrogen-bond donors (Lipinski definition) is 2. The lowest BCUT2D eigenvalue weighted by Crippen LogP contribution is -2.61. The van der Waals surface area contributed by atoms with Crippen LogP contribution in [0.5, 0.6) is 0 Å². The lowest BCUT2D eigenvalue weighted by atomic mass is 9.93. The van der Waals surface area contributed by atoms with Crippen molar-refractivity contribution in [2.45, 2.75) is 39.8 Å². The minimum absolute atomic E-state index is 0.0979. The van der Waals surface area contributed by atoms with E-state index in [4.69, 9.17) is 4.52 Å². The fraction of sp³-hybridized carbons (Fsp3) is 0.346. The van der Waals surface area contributed by atoms with E-state index in [-0.39, 0.29) is 47.6 Å². The van der Waals surface area contributed by atoms with Crippen LogP contribution in [-0.4, -0.2) is 66.7 Å². The van der Waals surface area contributed by atoms with Gasteiger partial charge in [0, 0.05) is 36.1 Å². The third-order valence-electron chi connectivity index (χ3n) is 7.02. The van der Waals surface area contributed by atoms with Crippen molar-refractivity contribution in [1.82, 2.24) is 24.4 Å². The Morgan fingerprint density at radius 2 is 2.03 bits per heavy atom. The highest BCUT2D eigenvalue weighted by Crippen LogP contribution is 2.31. The van der Waals surface area contributed by atoms with Crippen LogP contribution in [-0.2, 0) is 0 Å². The van der Waals surface area contributed by atoms with E-state index in [0.29, 0.717) is 23.4 Å². The van der Waals surface area contributed by atoms with Crippen LogP contribution in [0.15, 0.2) is 47.2 Å². The molecular formula is C26H28FN7O4. The summed E-state index contributed by atoms with van der Waals surface area (Å²) in [6, 6.07) is 8.02. The summed E-state index contributed by atoms with van der Waals surface area (Å²) in [6.45, 7) is 8.10. The van der Waals surface area contributed by atoms with E-state index in [0.717, 1.165) is 0 Å². The molecule has 2 amide bonds. The molecule has 1 aliphatic heterocycles. The second-order valence-corrected chi connectivity index (χ2v) is 9.70. The van der Waals surface area contributed by atoms with Gasteiger partial charge in [0.25, 0.3) is 5.91 Å². The third kappa shape index (κ3) is 4.42. The maximum Gasteiger partial charge on any atom is 0.407 e. The largest absolute Gasteiger partial charge is 0.465 e. The highest BCUT2D eigenvalue weighted by molar-refractivity contribution is 6.04. The number of imidazole rings is 1. The first-order chi connectivity index (χ1) is 18.2. The van der Waals surface area contributed by atoms with Gasteiger partial charge in [-0.15, -0.1) is 0 Å². The van der Waals surface area contributed by atoms with Gasteiger partial charge in [0.05, 0.1) is 18.3 Å². The molecule has 2 unspecified atom stereocenters. The maximum atomic E-state index is 14.9. The molecule has 0 saturated carbocycles. The van der Waals surface area contributed by atoms with E-state index in [1.165, 1.54) is 17.2 Å². The lowest BCUT2D eigenvalue weighted by Gasteiger charge is -2.46.